The Kier molecular flexibility index (Phi) is 2.16. The Bertz CT molecular complexity index is 441. The van der Waals surface area contributed by atoms with Gasteiger partial charge in [0.15, 0.2) is 0 Å². The Morgan fingerprint density at radius 2 is 2.25 bits per heavy atom. The molecule has 0 spiro atoms. The molecule has 1 aromatic rings. The molecule has 4 nitrogen and oxygen atoms in total. The maximum absolute atomic E-state index is 10.8. The fourth-order valence-corrected chi connectivity index (χ4v) is 2.39. The minimum atomic E-state index is -0.732. The molecule has 1 atom stereocenters. The first-order valence-corrected chi connectivity index (χ1v) is 5.81. The summed E-state index contributed by atoms with van der Waals surface area (Å²) in [6.45, 7) is 0. The Balaban J connectivity index is 1.90. The van der Waals surface area contributed by atoms with Crippen LogP contribution in [-0.2, 0) is 11.2 Å². The molecule has 0 saturated heterocycles. The molecule has 1 fully saturated rings. The number of carboxylic acid groups (broad SMARTS) is 1. The van der Waals surface area contributed by atoms with Crippen LogP contribution in [0.1, 0.15) is 54.6 Å². The van der Waals surface area contributed by atoms with Crippen LogP contribution in [0.4, 0.5) is 0 Å². The van der Waals surface area contributed by atoms with Crippen molar-refractivity contribution in [2.75, 3.05) is 0 Å². The predicted molar refractivity (Wildman–Crippen MR) is 57.3 cm³/mol. The van der Waals surface area contributed by atoms with E-state index in [1.54, 1.807) is 0 Å². The highest BCUT2D eigenvalue weighted by Gasteiger charge is 2.31. The molecule has 1 N–H and O–H groups in total. The summed E-state index contributed by atoms with van der Waals surface area (Å²) in [4.78, 5) is 19.7. The van der Waals surface area contributed by atoms with Crippen LogP contribution in [0.5, 0.6) is 0 Å². The Hall–Kier alpha value is -1.45. The number of rotatable bonds is 3. The van der Waals surface area contributed by atoms with Gasteiger partial charge in [-0.05, 0) is 31.2 Å². The van der Waals surface area contributed by atoms with Crippen LogP contribution in [0, 0.1) is 0 Å². The van der Waals surface area contributed by atoms with E-state index in [1.807, 2.05) is 6.20 Å². The number of nitrogens with zero attached hydrogens (tertiary/aromatic N) is 2. The van der Waals surface area contributed by atoms with E-state index in [-0.39, 0.29) is 12.3 Å². The minimum absolute atomic E-state index is 0.105. The van der Waals surface area contributed by atoms with Gasteiger partial charge in [0.25, 0.3) is 0 Å². The summed E-state index contributed by atoms with van der Waals surface area (Å²) in [5.74, 6) is 0.838. The highest BCUT2D eigenvalue weighted by atomic mass is 16.4. The zero-order valence-electron chi connectivity index (χ0n) is 9.02. The van der Waals surface area contributed by atoms with Crippen molar-refractivity contribution < 1.29 is 9.90 Å². The first kappa shape index (κ1) is 9.75. The maximum Gasteiger partial charge on any atom is 0.304 e. The molecular formula is C12H14N2O2. The van der Waals surface area contributed by atoms with Gasteiger partial charge in [-0.3, -0.25) is 4.79 Å². The van der Waals surface area contributed by atoms with Crippen LogP contribution in [0.25, 0.3) is 0 Å². The lowest BCUT2D eigenvalue weighted by Gasteiger charge is -2.08. The molecule has 1 aromatic heterocycles. The molecule has 3 rings (SSSR count). The van der Waals surface area contributed by atoms with Gasteiger partial charge in [0, 0.05) is 18.0 Å². The highest BCUT2D eigenvalue weighted by molar-refractivity contribution is 5.68. The van der Waals surface area contributed by atoms with Gasteiger partial charge in [-0.25, -0.2) is 9.97 Å². The van der Waals surface area contributed by atoms with E-state index in [4.69, 9.17) is 5.11 Å². The number of aryl methyl sites for hydroxylation is 1. The molecule has 2 aliphatic rings. The molecule has 0 amide bonds. The lowest BCUT2D eigenvalue weighted by atomic mass is 10.0. The summed E-state index contributed by atoms with van der Waals surface area (Å²) in [5.41, 5.74) is 2.15. The molecule has 1 heterocycles. The molecule has 16 heavy (non-hydrogen) atoms. The maximum atomic E-state index is 10.8. The van der Waals surface area contributed by atoms with Crippen LogP contribution in [0.3, 0.4) is 0 Å². The van der Waals surface area contributed by atoms with E-state index < -0.39 is 5.97 Å². The van der Waals surface area contributed by atoms with Crippen molar-refractivity contribution in [2.24, 2.45) is 0 Å². The quantitative estimate of drug-likeness (QED) is 0.841. The Morgan fingerprint density at radius 1 is 1.44 bits per heavy atom. The number of fused-ring (bicyclic) bond motifs is 1. The second kappa shape index (κ2) is 3.54. The SMILES string of the molecule is O=C(O)CC1CCc2cnc(C3CC3)nc21. The van der Waals surface area contributed by atoms with Crippen LogP contribution in [0.15, 0.2) is 6.20 Å². The molecule has 0 bridgehead atoms. The van der Waals surface area contributed by atoms with Crippen molar-refractivity contribution in [1.82, 2.24) is 9.97 Å². The van der Waals surface area contributed by atoms with Gasteiger partial charge < -0.3 is 5.11 Å². The topological polar surface area (TPSA) is 63.1 Å². The summed E-state index contributed by atoms with van der Waals surface area (Å²) >= 11 is 0. The lowest BCUT2D eigenvalue weighted by Crippen LogP contribution is -2.06. The van der Waals surface area contributed by atoms with E-state index in [1.165, 1.54) is 12.8 Å². The van der Waals surface area contributed by atoms with Crippen molar-refractivity contribution in [2.45, 2.75) is 43.9 Å². The average molecular weight is 218 g/mol. The zero-order chi connectivity index (χ0) is 11.1. The Morgan fingerprint density at radius 3 is 2.94 bits per heavy atom. The standard InChI is InChI=1S/C12H14N2O2/c15-10(16)5-8-3-4-9-6-13-12(7-1-2-7)14-11(8)9/h6-8H,1-5H2,(H,15,16). The highest BCUT2D eigenvalue weighted by Crippen LogP contribution is 2.40. The number of hydrogen-bond donors (Lipinski definition) is 1. The molecule has 1 unspecified atom stereocenters. The zero-order valence-corrected chi connectivity index (χ0v) is 9.02. The molecule has 1 saturated carbocycles. The van der Waals surface area contributed by atoms with E-state index >= 15 is 0 Å². The summed E-state index contributed by atoms with van der Waals surface area (Å²) in [5, 5.41) is 8.85. The van der Waals surface area contributed by atoms with Gasteiger partial charge in [0.1, 0.15) is 5.82 Å². The second-order valence-corrected chi connectivity index (χ2v) is 4.75. The normalized spacial score (nSPS) is 23.1. The molecule has 84 valence electrons. The fourth-order valence-electron chi connectivity index (χ4n) is 2.39. The first-order valence-electron chi connectivity index (χ1n) is 5.81. The molecule has 2 aliphatic carbocycles. The predicted octanol–water partition coefficient (Wildman–Crippen LogP) is 1.86. The van der Waals surface area contributed by atoms with Crippen molar-refractivity contribution in [1.29, 1.82) is 0 Å². The smallest absolute Gasteiger partial charge is 0.304 e. The summed E-state index contributed by atoms with van der Waals surface area (Å²) < 4.78 is 0. The molecule has 0 aromatic carbocycles. The molecular weight excluding hydrogens is 204 g/mol. The van der Waals surface area contributed by atoms with Crippen LogP contribution < -0.4 is 0 Å². The van der Waals surface area contributed by atoms with Crippen molar-refractivity contribution in [3.63, 3.8) is 0 Å². The molecule has 4 heteroatoms. The monoisotopic (exact) mass is 218 g/mol. The third-order valence-electron chi connectivity index (χ3n) is 3.43. The van der Waals surface area contributed by atoms with Crippen LogP contribution in [0.2, 0.25) is 0 Å². The van der Waals surface area contributed by atoms with Crippen LogP contribution >= 0.6 is 0 Å². The third kappa shape index (κ3) is 1.68. The van der Waals surface area contributed by atoms with Crippen molar-refractivity contribution in [3.05, 3.63) is 23.3 Å². The van der Waals surface area contributed by atoms with Gasteiger partial charge in [0.2, 0.25) is 0 Å². The number of aliphatic carboxylic acids is 1. The number of carbonyl (C=O) groups is 1. The van der Waals surface area contributed by atoms with E-state index in [0.29, 0.717) is 5.92 Å². The second-order valence-electron chi connectivity index (χ2n) is 4.75. The van der Waals surface area contributed by atoms with Gasteiger partial charge >= 0.3 is 5.97 Å². The van der Waals surface area contributed by atoms with Crippen molar-refractivity contribution >= 4 is 5.97 Å². The van der Waals surface area contributed by atoms with E-state index in [2.05, 4.69) is 9.97 Å². The molecule has 0 aliphatic heterocycles. The van der Waals surface area contributed by atoms with Crippen molar-refractivity contribution in [3.8, 4) is 0 Å². The van der Waals surface area contributed by atoms with E-state index in [0.717, 1.165) is 29.9 Å². The van der Waals surface area contributed by atoms with Gasteiger partial charge in [-0.15, -0.1) is 0 Å². The Labute approximate surface area is 93.7 Å². The van der Waals surface area contributed by atoms with Gasteiger partial charge in [0.05, 0.1) is 12.1 Å². The lowest BCUT2D eigenvalue weighted by molar-refractivity contribution is -0.137. The molecule has 0 radical (unpaired) electrons. The third-order valence-corrected chi connectivity index (χ3v) is 3.43. The number of carboxylic acids is 1. The first-order chi connectivity index (χ1) is 7.74. The number of aromatic nitrogens is 2. The van der Waals surface area contributed by atoms with E-state index in [9.17, 15) is 4.79 Å². The number of hydrogen-bond acceptors (Lipinski definition) is 3. The van der Waals surface area contributed by atoms with Gasteiger partial charge in [-0.1, -0.05) is 0 Å². The average Bonchev–Trinajstić information content (AvgIpc) is 3.03. The minimum Gasteiger partial charge on any atom is -0.481 e. The summed E-state index contributed by atoms with van der Waals surface area (Å²) in [6, 6.07) is 0. The summed E-state index contributed by atoms with van der Waals surface area (Å²) in [7, 11) is 0. The van der Waals surface area contributed by atoms with Crippen LogP contribution in [-0.4, -0.2) is 21.0 Å². The fraction of sp³-hybridized carbons (Fsp3) is 0.583. The summed E-state index contributed by atoms with van der Waals surface area (Å²) in [6.07, 6.45) is 6.30. The largest absolute Gasteiger partial charge is 0.481 e. The van der Waals surface area contributed by atoms with Gasteiger partial charge in [-0.2, -0.15) is 0 Å².